The Hall–Kier alpha value is 0.559. The zero-order valence-corrected chi connectivity index (χ0v) is 11.1. The Morgan fingerprint density at radius 3 is 2.25 bits per heavy atom. The minimum atomic E-state index is -2.46. The van der Waals surface area contributed by atoms with E-state index in [0.717, 1.165) is 13.0 Å². The van der Waals surface area contributed by atoms with E-state index in [9.17, 15) is 3.08 Å². The first-order valence-electron chi connectivity index (χ1n) is 4.90. The van der Waals surface area contributed by atoms with Gasteiger partial charge < -0.3 is 0 Å². The van der Waals surface area contributed by atoms with E-state index >= 15 is 0 Å². The molecule has 0 saturated carbocycles. The Kier molecular flexibility index (Phi) is 10.1. The first-order chi connectivity index (χ1) is 5.77. The van der Waals surface area contributed by atoms with Crippen molar-refractivity contribution in [3.8, 4) is 0 Å². The van der Waals surface area contributed by atoms with Crippen LogP contribution in [0.4, 0.5) is 0 Å². The van der Waals surface area contributed by atoms with E-state index in [1.165, 1.54) is 32.1 Å². The Labute approximate surface area is 83.4 Å². The molecule has 0 aliphatic rings. The molecule has 72 valence electrons. The molecule has 0 aromatic rings. The van der Waals surface area contributed by atoms with Crippen LogP contribution in [0.1, 0.15) is 45.4 Å². The Balaban J connectivity index is 2.86. The summed E-state index contributed by atoms with van der Waals surface area (Å²) in [5.41, 5.74) is 0. The summed E-state index contributed by atoms with van der Waals surface area (Å²) in [5.74, 6) is 0. The fraction of sp³-hybridized carbons (Fsp3) is 1.00. The van der Waals surface area contributed by atoms with Crippen LogP contribution in [0.3, 0.4) is 0 Å². The van der Waals surface area contributed by atoms with Crippen molar-refractivity contribution in [1.82, 2.24) is 0 Å². The number of unbranched alkanes of at least 4 members (excludes halogenated alkanes) is 5. The van der Waals surface area contributed by atoms with Gasteiger partial charge in [-0.2, -0.15) is 0 Å². The van der Waals surface area contributed by atoms with Gasteiger partial charge in [0, 0.05) is 0 Å². The molecule has 0 fully saturated rings. The van der Waals surface area contributed by atoms with Crippen molar-refractivity contribution in [3.05, 3.63) is 0 Å². The number of hydrogen-bond acceptors (Lipinski definition) is 2. The quantitative estimate of drug-likeness (QED) is 0.504. The Morgan fingerprint density at radius 1 is 1.08 bits per heavy atom. The molecule has 0 atom stereocenters. The van der Waals surface area contributed by atoms with E-state index in [2.05, 4.69) is 6.92 Å². The van der Waals surface area contributed by atoms with Gasteiger partial charge in [-0.05, 0) is 0 Å². The number of rotatable bonds is 8. The second-order valence-corrected chi connectivity index (χ2v) is 6.74. The first-order valence-corrected chi connectivity index (χ1v) is 10.1. The molecule has 0 heterocycles. The van der Waals surface area contributed by atoms with Crippen LogP contribution in [0.5, 0.6) is 0 Å². The molecule has 0 saturated heterocycles. The van der Waals surface area contributed by atoms with Crippen molar-refractivity contribution in [2.75, 3.05) is 6.61 Å². The molecule has 0 unspecified atom stereocenters. The maximum absolute atomic E-state index is 10.6. The molecule has 0 aromatic heterocycles. The van der Waals surface area contributed by atoms with Crippen LogP contribution in [0.25, 0.3) is 0 Å². The van der Waals surface area contributed by atoms with Gasteiger partial charge in [0.15, 0.2) is 0 Å². The van der Waals surface area contributed by atoms with Crippen molar-refractivity contribution in [2.24, 2.45) is 0 Å². The summed E-state index contributed by atoms with van der Waals surface area (Å²) < 4.78 is 15.7. The molecule has 0 aliphatic carbocycles. The van der Waals surface area contributed by atoms with Crippen LogP contribution in [0, 0.1) is 0 Å². The van der Waals surface area contributed by atoms with Crippen molar-refractivity contribution in [1.29, 1.82) is 0 Å². The summed E-state index contributed by atoms with van der Waals surface area (Å²) in [6.07, 6.45) is 7.60. The molecule has 0 N–H and O–H groups in total. The van der Waals surface area contributed by atoms with E-state index in [4.69, 9.17) is 3.07 Å². The molecule has 0 bridgehead atoms. The van der Waals surface area contributed by atoms with Gasteiger partial charge >= 0.3 is 83.3 Å². The molecule has 2 nitrogen and oxygen atoms in total. The summed E-state index contributed by atoms with van der Waals surface area (Å²) in [4.78, 5) is 1.74. The summed E-state index contributed by atoms with van der Waals surface area (Å²) in [6.45, 7) is 2.94. The maximum atomic E-state index is 10.6. The van der Waals surface area contributed by atoms with Crippen LogP contribution in [-0.4, -0.2) is 26.8 Å². The van der Waals surface area contributed by atoms with Gasteiger partial charge in [0.05, 0.1) is 0 Å². The molecule has 0 rings (SSSR count). The van der Waals surface area contributed by atoms with Gasteiger partial charge in [-0.1, -0.05) is 0 Å². The fourth-order valence-corrected chi connectivity index (χ4v) is 2.33. The van der Waals surface area contributed by atoms with Crippen molar-refractivity contribution in [3.63, 3.8) is 0 Å². The number of hydrogen-bond donors (Lipinski definition) is 0. The summed E-state index contributed by atoms with van der Waals surface area (Å²) in [7, 11) is 0. The van der Waals surface area contributed by atoms with Gasteiger partial charge in [0.25, 0.3) is 0 Å². The zero-order chi connectivity index (χ0) is 9.23. The van der Waals surface area contributed by atoms with Crippen LogP contribution in [-0.2, 0) is 6.15 Å². The third-order valence-corrected chi connectivity index (χ3v) is 3.55. The normalized spacial score (nSPS) is 10.2. The Morgan fingerprint density at radius 2 is 1.67 bits per heavy atom. The summed E-state index contributed by atoms with van der Waals surface area (Å²) in [6, 6.07) is 0. The molecular weight excluding hydrogens is 259 g/mol. The predicted octanol–water partition coefficient (Wildman–Crippen LogP) is 2.91. The van der Waals surface area contributed by atoms with E-state index in [1.807, 2.05) is 0 Å². The third kappa shape index (κ3) is 10.6. The Bertz CT molecular complexity index is 115. The van der Waals surface area contributed by atoms with Gasteiger partial charge in [0.2, 0.25) is 0 Å². The molecule has 0 aliphatic heterocycles. The zero-order valence-electron chi connectivity index (χ0n) is 8.27. The van der Waals surface area contributed by atoms with Gasteiger partial charge in [-0.15, -0.1) is 0 Å². The molecule has 0 aromatic carbocycles. The van der Waals surface area contributed by atoms with Gasteiger partial charge in [-0.3, -0.25) is 0 Å². The average molecular weight is 279 g/mol. The van der Waals surface area contributed by atoms with Gasteiger partial charge in [0.1, 0.15) is 0 Å². The van der Waals surface area contributed by atoms with E-state index < -0.39 is 20.2 Å². The standard InChI is InChI=1S/C8H17O.CH3.O.Sn/c1-2-3-4-5-6-7-8-9;;;/h2-8H2,1H3;1H3;;/q-1;;;+1. The second kappa shape index (κ2) is 9.65. The van der Waals surface area contributed by atoms with Crippen LogP contribution < -0.4 is 0 Å². The average Bonchev–Trinajstić information content (AvgIpc) is 2.02. The molecule has 0 spiro atoms. The molecular formula is C9H20O2Sn. The van der Waals surface area contributed by atoms with Crippen LogP contribution >= 0.6 is 0 Å². The topological polar surface area (TPSA) is 26.3 Å². The van der Waals surface area contributed by atoms with Gasteiger partial charge in [-0.25, -0.2) is 0 Å². The van der Waals surface area contributed by atoms with Crippen LogP contribution in [0.2, 0.25) is 4.94 Å². The second-order valence-electron chi connectivity index (χ2n) is 3.11. The SMILES string of the molecule is CCCCCCCC[O][Sn]([CH3])=[O]. The monoisotopic (exact) mass is 280 g/mol. The predicted molar refractivity (Wildman–Crippen MR) is 51.6 cm³/mol. The van der Waals surface area contributed by atoms with Crippen LogP contribution in [0.15, 0.2) is 0 Å². The molecule has 3 heteroatoms. The minimum absolute atomic E-state index is 0.723. The fourth-order valence-electron chi connectivity index (χ4n) is 1.10. The molecule has 12 heavy (non-hydrogen) atoms. The van der Waals surface area contributed by atoms with Crippen molar-refractivity contribution >= 4 is 20.2 Å². The molecule has 0 amide bonds. The molecule has 0 radical (unpaired) electrons. The van der Waals surface area contributed by atoms with E-state index in [0.29, 0.717) is 0 Å². The van der Waals surface area contributed by atoms with Crippen molar-refractivity contribution < 1.29 is 6.15 Å². The van der Waals surface area contributed by atoms with E-state index in [1.54, 1.807) is 4.94 Å². The van der Waals surface area contributed by atoms with E-state index in [-0.39, 0.29) is 0 Å². The first kappa shape index (κ1) is 12.6. The summed E-state index contributed by atoms with van der Waals surface area (Å²) in [5, 5.41) is 0. The third-order valence-electron chi connectivity index (χ3n) is 1.80. The summed E-state index contributed by atoms with van der Waals surface area (Å²) >= 11 is -2.46. The van der Waals surface area contributed by atoms with Crippen molar-refractivity contribution in [2.45, 2.75) is 50.4 Å².